The van der Waals surface area contributed by atoms with Crippen molar-refractivity contribution < 1.29 is 9.47 Å². The Morgan fingerprint density at radius 1 is 1.00 bits per heavy atom. The molecule has 0 aromatic heterocycles. The molecule has 1 rings (SSSR count). The predicted molar refractivity (Wildman–Crippen MR) is 24.8 cm³/mol. The number of rotatable bonds is 0. The minimum atomic E-state index is 0.625. The van der Waals surface area contributed by atoms with E-state index in [1.165, 1.54) is 0 Å². The first-order valence-electron chi connectivity index (χ1n) is 2.36. The molecule has 1 aliphatic rings. The third kappa shape index (κ3) is 1.87. The van der Waals surface area contributed by atoms with Gasteiger partial charge in [0.2, 0.25) is 0 Å². The second kappa shape index (κ2) is 2.96. The summed E-state index contributed by atoms with van der Waals surface area (Å²) in [6.07, 6.45) is 0. The summed E-state index contributed by atoms with van der Waals surface area (Å²) in [7, 11) is 0. The van der Waals surface area contributed by atoms with Gasteiger partial charge in [0.05, 0.1) is 26.7 Å². The lowest BCUT2D eigenvalue weighted by Gasteiger charge is -1.92. The molecule has 1 aliphatic heterocycles. The highest BCUT2D eigenvalue weighted by Gasteiger charge is 1.92. The Bertz CT molecular complexity index is 29.3. The maximum atomic E-state index is 4.96. The average Bonchev–Trinajstić information content (AvgIpc) is 1.90. The maximum Gasteiger partial charge on any atom is 0.0983 e. The molecule has 0 amide bonds. The van der Waals surface area contributed by atoms with E-state index < -0.39 is 0 Å². The summed E-state index contributed by atoms with van der Waals surface area (Å²) in [6.45, 7) is 2.68. The van der Waals surface area contributed by atoms with Crippen molar-refractivity contribution in [3.63, 3.8) is 0 Å². The van der Waals surface area contributed by atoms with Crippen LogP contribution in [0.4, 0.5) is 0 Å². The van der Waals surface area contributed by atoms with Crippen molar-refractivity contribution in [2.75, 3.05) is 26.7 Å². The lowest BCUT2D eigenvalue weighted by atomic mass is 10.8. The molecular formula is C4H9NO2. The zero-order valence-corrected chi connectivity index (χ0v) is 4.14. The molecule has 0 radical (unpaired) electrons. The standard InChI is InChI=1S/C4H9NO2/c1-2-7-4-5-3-6-1/h5H,1-4H2. The third-order valence-corrected chi connectivity index (χ3v) is 0.780. The van der Waals surface area contributed by atoms with Gasteiger partial charge < -0.3 is 9.47 Å². The maximum absolute atomic E-state index is 4.96. The van der Waals surface area contributed by atoms with E-state index in [1.807, 2.05) is 0 Å². The van der Waals surface area contributed by atoms with Gasteiger partial charge in [0.25, 0.3) is 0 Å². The molecule has 0 bridgehead atoms. The van der Waals surface area contributed by atoms with Gasteiger partial charge in [0.1, 0.15) is 0 Å². The van der Waals surface area contributed by atoms with E-state index in [4.69, 9.17) is 9.47 Å². The van der Waals surface area contributed by atoms with Gasteiger partial charge in [-0.15, -0.1) is 0 Å². The van der Waals surface area contributed by atoms with Crippen LogP contribution >= 0.6 is 0 Å². The van der Waals surface area contributed by atoms with Gasteiger partial charge in [-0.3, -0.25) is 5.32 Å². The summed E-state index contributed by atoms with van der Waals surface area (Å²) >= 11 is 0. The zero-order valence-electron chi connectivity index (χ0n) is 4.14. The quantitative estimate of drug-likeness (QED) is 0.450. The molecule has 3 nitrogen and oxygen atoms in total. The van der Waals surface area contributed by atoms with Gasteiger partial charge in [0.15, 0.2) is 0 Å². The highest BCUT2D eigenvalue weighted by molar-refractivity contribution is 4.34. The van der Waals surface area contributed by atoms with Crippen LogP contribution in [0.1, 0.15) is 0 Å². The van der Waals surface area contributed by atoms with Crippen molar-refractivity contribution in [1.82, 2.24) is 5.32 Å². The molecule has 0 aromatic carbocycles. The fourth-order valence-corrected chi connectivity index (χ4v) is 0.448. The lowest BCUT2D eigenvalue weighted by Crippen LogP contribution is -2.16. The van der Waals surface area contributed by atoms with Gasteiger partial charge >= 0.3 is 0 Å². The molecule has 0 aliphatic carbocycles. The van der Waals surface area contributed by atoms with Crippen LogP contribution in [-0.2, 0) is 9.47 Å². The highest BCUT2D eigenvalue weighted by atomic mass is 16.6. The molecular weight excluding hydrogens is 94.0 g/mol. The number of nitrogens with one attached hydrogen (secondary N) is 1. The second-order valence-corrected chi connectivity index (χ2v) is 1.36. The fourth-order valence-electron chi connectivity index (χ4n) is 0.448. The van der Waals surface area contributed by atoms with Gasteiger partial charge in [0, 0.05) is 0 Å². The van der Waals surface area contributed by atoms with Crippen molar-refractivity contribution in [2.24, 2.45) is 0 Å². The summed E-state index contributed by atoms with van der Waals surface area (Å²) in [5, 5.41) is 2.90. The Kier molecular flexibility index (Phi) is 2.12. The molecule has 1 fully saturated rings. The van der Waals surface area contributed by atoms with Crippen LogP contribution in [0.15, 0.2) is 0 Å². The van der Waals surface area contributed by atoms with E-state index >= 15 is 0 Å². The van der Waals surface area contributed by atoms with E-state index in [0.717, 1.165) is 0 Å². The summed E-state index contributed by atoms with van der Waals surface area (Å²) < 4.78 is 9.92. The second-order valence-electron chi connectivity index (χ2n) is 1.36. The Morgan fingerprint density at radius 2 is 1.57 bits per heavy atom. The number of ether oxygens (including phenoxy) is 2. The van der Waals surface area contributed by atoms with Crippen LogP contribution in [0.25, 0.3) is 0 Å². The molecule has 1 N–H and O–H groups in total. The Balaban J connectivity index is 2.04. The first-order chi connectivity index (χ1) is 3.50. The SMILES string of the molecule is C1COCNCO1. The first-order valence-corrected chi connectivity index (χ1v) is 2.36. The Labute approximate surface area is 42.6 Å². The lowest BCUT2D eigenvalue weighted by molar-refractivity contribution is 0.103. The van der Waals surface area contributed by atoms with Crippen molar-refractivity contribution in [3.05, 3.63) is 0 Å². The molecule has 42 valence electrons. The summed E-state index contributed by atoms with van der Waals surface area (Å²) in [6, 6.07) is 0. The molecule has 0 aromatic rings. The van der Waals surface area contributed by atoms with Crippen LogP contribution in [0.5, 0.6) is 0 Å². The summed E-state index contributed by atoms with van der Waals surface area (Å²) in [5.74, 6) is 0. The van der Waals surface area contributed by atoms with E-state index in [9.17, 15) is 0 Å². The number of hydrogen-bond donors (Lipinski definition) is 1. The monoisotopic (exact) mass is 103 g/mol. The van der Waals surface area contributed by atoms with E-state index in [-0.39, 0.29) is 0 Å². The van der Waals surface area contributed by atoms with Crippen LogP contribution in [-0.4, -0.2) is 26.7 Å². The van der Waals surface area contributed by atoms with Crippen LogP contribution in [0.3, 0.4) is 0 Å². The summed E-state index contributed by atoms with van der Waals surface area (Å²) in [4.78, 5) is 0. The van der Waals surface area contributed by atoms with Crippen LogP contribution < -0.4 is 5.32 Å². The smallest absolute Gasteiger partial charge is 0.0983 e. The molecule has 0 atom stereocenters. The fraction of sp³-hybridized carbons (Fsp3) is 1.00. The topological polar surface area (TPSA) is 30.5 Å². The van der Waals surface area contributed by atoms with Crippen LogP contribution in [0, 0.1) is 0 Å². The Morgan fingerprint density at radius 3 is 2.14 bits per heavy atom. The molecule has 0 unspecified atom stereocenters. The minimum Gasteiger partial charge on any atom is -0.364 e. The molecule has 1 saturated heterocycles. The number of hydrogen-bond acceptors (Lipinski definition) is 3. The molecule has 0 saturated carbocycles. The van der Waals surface area contributed by atoms with E-state index in [1.54, 1.807) is 0 Å². The van der Waals surface area contributed by atoms with E-state index in [0.29, 0.717) is 26.7 Å². The molecule has 3 heteroatoms. The zero-order chi connectivity index (χ0) is 4.95. The van der Waals surface area contributed by atoms with E-state index in [2.05, 4.69) is 5.32 Å². The van der Waals surface area contributed by atoms with Gasteiger partial charge in [-0.2, -0.15) is 0 Å². The predicted octanol–water partition coefficient (Wildman–Crippen LogP) is -0.462. The minimum absolute atomic E-state index is 0.625. The highest BCUT2D eigenvalue weighted by Crippen LogP contribution is 1.79. The molecule has 1 heterocycles. The Hall–Kier alpha value is -0.120. The normalized spacial score (nSPS) is 24.0. The van der Waals surface area contributed by atoms with Gasteiger partial charge in [-0.1, -0.05) is 0 Å². The molecule has 7 heavy (non-hydrogen) atoms. The van der Waals surface area contributed by atoms with Crippen LogP contribution in [0.2, 0.25) is 0 Å². The van der Waals surface area contributed by atoms with Gasteiger partial charge in [-0.25, -0.2) is 0 Å². The van der Waals surface area contributed by atoms with Crippen molar-refractivity contribution in [1.29, 1.82) is 0 Å². The van der Waals surface area contributed by atoms with Crippen molar-refractivity contribution >= 4 is 0 Å². The van der Waals surface area contributed by atoms with Gasteiger partial charge in [-0.05, 0) is 0 Å². The average molecular weight is 103 g/mol. The first kappa shape index (κ1) is 5.03. The summed E-state index contributed by atoms with van der Waals surface area (Å²) in [5.41, 5.74) is 0. The van der Waals surface area contributed by atoms with Crippen molar-refractivity contribution in [2.45, 2.75) is 0 Å². The largest absolute Gasteiger partial charge is 0.364 e. The third-order valence-electron chi connectivity index (χ3n) is 0.780. The molecule has 0 spiro atoms. The van der Waals surface area contributed by atoms with Crippen molar-refractivity contribution in [3.8, 4) is 0 Å².